The highest BCUT2D eigenvalue weighted by Crippen LogP contribution is 2.24. The van der Waals surface area contributed by atoms with E-state index in [-0.39, 0.29) is 24.3 Å². The molecule has 0 aromatic heterocycles. The molecule has 0 saturated carbocycles. The van der Waals surface area contributed by atoms with E-state index in [1.165, 1.54) is 0 Å². The average molecular weight is 267 g/mol. The summed E-state index contributed by atoms with van der Waals surface area (Å²) in [4.78, 5) is 25.1. The fraction of sp³-hybridized carbons (Fsp3) is 0.714. The fourth-order valence-corrected chi connectivity index (χ4v) is 2.74. The van der Waals surface area contributed by atoms with Gasteiger partial charge in [-0.2, -0.15) is 0 Å². The molecule has 0 atom stereocenters. The number of nitrogens with zero attached hydrogens (tertiary/aromatic N) is 1. The molecular formula is C14H21NO4. The van der Waals surface area contributed by atoms with Crippen LogP contribution in [-0.4, -0.2) is 47.7 Å². The standard InChI is InChI=1S/C14H21NO4/c16-13(17)5-8-15(12-6-9-19-10-7-12)14(18)11-3-1-2-4-11/h1-2,11-12H,3-10H2,(H,16,17). The second kappa shape index (κ2) is 6.70. The Kier molecular flexibility index (Phi) is 4.96. The first-order chi connectivity index (χ1) is 9.18. The fourth-order valence-electron chi connectivity index (χ4n) is 2.74. The van der Waals surface area contributed by atoms with E-state index in [1.54, 1.807) is 4.90 Å². The van der Waals surface area contributed by atoms with Crippen molar-refractivity contribution >= 4 is 11.9 Å². The van der Waals surface area contributed by atoms with Crippen molar-refractivity contribution in [2.45, 2.75) is 38.1 Å². The van der Waals surface area contributed by atoms with Gasteiger partial charge < -0.3 is 14.7 Å². The van der Waals surface area contributed by atoms with Gasteiger partial charge in [-0.1, -0.05) is 12.2 Å². The lowest BCUT2D eigenvalue weighted by Gasteiger charge is -2.35. The van der Waals surface area contributed by atoms with E-state index in [0.717, 1.165) is 25.7 Å². The number of hydrogen-bond acceptors (Lipinski definition) is 3. The molecular weight excluding hydrogens is 246 g/mol. The third-order valence-corrected chi connectivity index (χ3v) is 3.84. The number of carbonyl (C=O) groups excluding carboxylic acids is 1. The quantitative estimate of drug-likeness (QED) is 0.765. The summed E-state index contributed by atoms with van der Waals surface area (Å²) in [6, 6.07) is 0.140. The molecule has 1 aliphatic heterocycles. The number of allylic oxidation sites excluding steroid dienone is 2. The SMILES string of the molecule is O=C(O)CCN(C(=O)C1CC=CC1)C1CCOCC1. The Bertz CT molecular complexity index is 352. The Labute approximate surface area is 113 Å². The number of hydrogen-bond donors (Lipinski definition) is 1. The molecule has 0 aromatic carbocycles. The van der Waals surface area contributed by atoms with E-state index in [0.29, 0.717) is 19.8 Å². The lowest BCUT2D eigenvalue weighted by molar-refractivity contribution is -0.142. The van der Waals surface area contributed by atoms with Crippen LogP contribution in [0.4, 0.5) is 0 Å². The van der Waals surface area contributed by atoms with Gasteiger partial charge in [0.25, 0.3) is 0 Å². The summed E-state index contributed by atoms with van der Waals surface area (Å²) in [5.41, 5.74) is 0. The van der Waals surface area contributed by atoms with Gasteiger partial charge in [0.1, 0.15) is 0 Å². The van der Waals surface area contributed by atoms with Crippen LogP contribution >= 0.6 is 0 Å². The zero-order valence-electron chi connectivity index (χ0n) is 11.1. The summed E-state index contributed by atoms with van der Waals surface area (Å²) in [7, 11) is 0. The molecule has 0 spiro atoms. The number of ether oxygens (including phenoxy) is 1. The highest BCUT2D eigenvalue weighted by molar-refractivity contribution is 5.80. The van der Waals surface area contributed by atoms with Crippen LogP contribution in [-0.2, 0) is 14.3 Å². The molecule has 0 unspecified atom stereocenters. The van der Waals surface area contributed by atoms with Crippen molar-refractivity contribution in [3.63, 3.8) is 0 Å². The molecule has 0 bridgehead atoms. The first kappa shape index (κ1) is 14.1. The molecule has 0 radical (unpaired) electrons. The Morgan fingerprint density at radius 1 is 1.21 bits per heavy atom. The largest absolute Gasteiger partial charge is 0.481 e. The predicted octanol–water partition coefficient (Wildman–Crippen LogP) is 1.43. The lowest BCUT2D eigenvalue weighted by atomic mass is 10.0. The Morgan fingerprint density at radius 2 is 1.84 bits per heavy atom. The van der Waals surface area contributed by atoms with E-state index >= 15 is 0 Å². The van der Waals surface area contributed by atoms with Gasteiger partial charge in [0, 0.05) is 31.7 Å². The molecule has 5 heteroatoms. The minimum Gasteiger partial charge on any atom is -0.481 e. The van der Waals surface area contributed by atoms with Crippen LogP contribution in [0, 0.1) is 5.92 Å². The number of carboxylic acids is 1. The number of carboxylic acid groups (broad SMARTS) is 1. The second-order valence-electron chi connectivity index (χ2n) is 5.16. The van der Waals surface area contributed by atoms with Crippen molar-refractivity contribution < 1.29 is 19.4 Å². The van der Waals surface area contributed by atoms with E-state index in [4.69, 9.17) is 9.84 Å². The summed E-state index contributed by atoms with van der Waals surface area (Å²) in [6.07, 6.45) is 7.27. The highest BCUT2D eigenvalue weighted by atomic mass is 16.5. The maximum atomic E-state index is 12.5. The maximum absolute atomic E-state index is 12.5. The van der Waals surface area contributed by atoms with Crippen molar-refractivity contribution in [2.75, 3.05) is 19.8 Å². The third kappa shape index (κ3) is 3.80. The summed E-state index contributed by atoms with van der Waals surface area (Å²) in [5.74, 6) is -0.732. The summed E-state index contributed by atoms with van der Waals surface area (Å²) in [6.45, 7) is 1.63. The van der Waals surface area contributed by atoms with Crippen LogP contribution in [0.1, 0.15) is 32.1 Å². The molecule has 1 heterocycles. The molecule has 5 nitrogen and oxygen atoms in total. The van der Waals surface area contributed by atoms with Crippen LogP contribution < -0.4 is 0 Å². The average Bonchev–Trinajstić information content (AvgIpc) is 2.93. The Balaban J connectivity index is 1.99. The molecule has 0 aromatic rings. The van der Waals surface area contributed by atoms with Gasteiger partial charge in [-0.3, -0.25) is 9.59 Å². The molecule has 1 fully saturated rings. The van der Waals surface area contributed by atoms with Crippen molar-refractivity contribution in [1.82, 2.24) is 4.90 Å². The van der Waals surface area contributed by atoms with Crippen molar-refractivity contribution in [3.8, 4) is 0 Å². The number of amides is 1. The normalized spacial score (nSPS) is 20.6. The van der Waals surface area contributed by atoms with Crippen LogP contribution in [0.25, 0.3) is 0 Å². The minimum atomic E-state index is -0.852. The van der Waals surface area contributed by atoms with Gasteiger partial charge in [0.2, 0.25) is 5.91 Å². The molecule has 1 aliphatic carbocycles. The Hall–Kier alpha value is -1.36. The van der Waals surface area contributed by atoms with Gasteiger partial charge in [0.05, 0.1) is 6.42 Å². The van der Waals surface area contributed by atoms with Gasteiger partial charge in [-0.25, -0.2) is 0 Å². The van der Waals surface area contributed by atoms with E-state index < -0.39 is 5.97 Å². The third-order valence-electron chi connectivity index (χ3n) is 3.84. The van der Waals surface area contributed by atoms with Gasteiger partial charge in [-0.15, -0.1) is 0 Å². The maximum Gasteiger partial charge on any atom is 0.305 e. The molecule has 1 amide bonds. The first-order valence-corrected chi connectivity index (χ1v) is 6.93. The summed E-state index contributed by atoms with van der Waals surface area (Å²) in [5, 5.41) is 8.83. The topological polar surface area (TPSA) is 66.8 Å². The van der Waals surface area contributed by atoms with Crippen LogP contribution in [0.2, 0.25) is 0 Å². The smallest absolute Gasteiger partial charge is 0.305 e. The number of rotatable bonds is 5. The lowest BCUT2D eigenvalue weighted by Crippen LogP contribution is -2.46. The molecule has 2 aliphatic rings. The van der Waals surface area contributed by atoms with Crippen LogP contribution in [0.5, 0.6) is 0 Å². The molecule has 19 heavy (non-hydrogen) atoms. The van der Waals surface area contributed by atoms with Crippen molar-refractivity contribution in [1.29, 1.82) is 0 Å². The summed E-state index contributed by atoms with van der Waals surface area (Å²) < 4.78 is 5.31. The van der Waals surface area contributed by atoms with Gasteiger partial charge >= 0.3 is 5.97 Å². The van der Waals surface area contributed by atoms with Crippen molar-refractivity contribution in [3.05, 3.63) is 12.2 Å². The molecule has 1 N–H and O–H groups in total. The van der Waals surface area contributed by atoms with Crippen molar-refractivity contribution in [2.24, 2.45) is 5.92 Å². The second-order valence-corrected chi connectivity index (χ2v) is 5.16. The van der Waals surface area contributed by atoms with E-state index in [1.807, 2.05) is 12.2 Å². The first-order valence-electron chi connectivity index (χ1n) is 6.93. The molecule has 106 valence electrons. The van der Waals surface area contributed by atoms with Crippen LogP contribution in [0.15, 0.2) is 12.2 Å². The van der Waals surface area contributed by atoms with Gasteiger partial charge in [-0.05, 0) is 25.7 Å². The minimum absolute atomic E-state index is 0.0108. The Morgan fingerprint density at radius 3 is 2.42 bits per heavy atom. The number of carbonyl (C=O) groups is 2. The molecule has 1 saturated heterocycles. The summed E-state index contributed by atoms with van der Waals surface area (Å²) >= 11 is 0. The number of aliphatic carboxylic acids is 1. The van der Waals surface area contributed by atoms with E-state index in [9.17, 15) is 9.59 Å². The zero-order valence-corrected chi connectivity index (χ0v) is 11.1. The van der Waals surface area contributed by atoms with E-state index in [2.05, 4.69) is 0 Å². The zero-order chi connectivity index (χ0) is 13.7. The van der Waals surface area contributed by atoms with Gasteiger partial charge in [0.15, 0.2) is 0 Å². The predicted molar refractivity (Wildman–Crippen MR) is 69.7 cm³/mol. The highest BCUT2D eigenvalue weighted by Gasteiger charge is 2.31. The monoisotopic (exact) mass is 267 g/mol. The van der Waals surface area contributed by atoms with Crippen LogP contribution in [0.3, 0.4) is 0 Å². The molecule has 2 rings (SSSR count).